The summed E-state index contributed by atoms with van der Waals surface area (Å²) in [5, 5.41) is 14.2. The zero-order valence-electron chi connectivity index (χ0n) is 36.0. The Morgan fingerprint density at radius 1 is 0.780 bits per heavy atom. The number of nitrogens with one attached hydrogen (secondary N) is 1. The third-order valence-corrected chi connectivity index (χ3v) is 11.5. The zero-order valence-corrected chi connectivity index (χ0v) is 36.8. The summed E-state index contributed by atoms with van der Waals surface area (Å²) in [6.45, 7) is 13.5. The summed E-state index contributed by atoms with van der Waals surface area (Å²) in [6.07, 6.45) is 24.3. The highest BCUT2D eigenvalue weighted by atomic mass is 32.2. The lowest BCUT2D eigenvalue weighted by molar-refractivity contribution is 0.306. The normalized spacial score (nSPS) is 13.4. The highest BCUT2D eigenvalue weighted by Crippen LogP contribution is 2.47. The Hall–Kier alpha value is -4.98. The van der Waals surface area contributed by atoms with Crippen LogP contribution in [0.3, 0.4) is 0 Å². The number of para-hydroxylation sites is 2. The number of fused-ring (bicyclic) bond motifs is 2. The van der Waals surface area contributed by atoms with Gasteiger partial charge in [-0.15, -0.1) is 15.9 Å². The molecule has 0 bridgehead atoms. The molecule has 59 heavy (non-hydrogen) atoms. The number of unbranched alkanes of at least 4 members (excludes halogenated alkanes) is 11. The van der Waals surface area contributed by atoms with Crippen LogP contribution in [0.4, 0.5) is 11.4 Å². The molecule has 0 aliphatic carbocycles. The van der Waals surface area contributed by atoms with E-state index in [1.807, 2.05) is 53.1 Å². The van der Waals surface area contributed by atoms with E-state index in [0.29, 0.717) is 24.7 Å². The Morgan fingerprint density at radius 3 is 2.22 bits per heavy atom. The van der Waals surface area contributed by atoms with Gasteiger partial charge in [0.25, 0.3) is 0 Å². The largest absolute Gasteiger partial charge is 0.493 e. The van der Waals surface area contributed by atoms with Crippen LogP contribution in [0.25, 0.3) is 34.4 Å². The molecule has 1 aliphatic heterocycles. The molecule has 0 saturated carbocycles. The minimum absolute atomic E-state index is 0.132. The molecule has 0 atom stereocenters. The van der Waals surface area contributed by atoms with Crippen molar-refractivity contribution in [1.29, 1.82) is 0 Å². The summed E-state index contributed by atoms with van der Waals surface area (Å²) < 4.78 is 13.9. The van der Waals surface area contributed by atoms with Crippen LogP contribution in [0.1, 0.15) is 124 Å². The van der Waals surface area contributed by atoms with E-state index in [1.165, 1.54) is 79.8 Å². The molecule has 2 aromatic heterocycles. The maximum atomic E-state index is 6.21. The number of rotatable bonds is 23. The van der Waals surface area contributed by atoms with Gasteiger partial charge in [-0.2, -0.15) is 0 Å². The summed E-state index contributed by atoms with van der Waals surface area (Å²) in [6, 6.07) is 24.8. The van der Waals surface area contributed by atoms with Gasteiger partial charge < -0.3 is 14.4 Å². The molecule has 0 amide bonds. The van der Waals surface area contributed by atoms with Crippen LogP contribution >= 0.6 is 11.8 Å². The highest BCUT2D eigenvalue weighted by Gasteiger charge is 2.28. The number of aromatic amines is 1. The number of nitrogens with zero attached hydrogens (tertiary/aromatic N) is 5. The number of aliphatic imine (C=N–C) groups is 1. The van der Waals surface area contributed by atoms with Crippen LogP contribution < -0.4 is 9.64 Å². The predicted octanol–water partition coefficient (Wildman–Crippen LogP) is 14.2. The number of H-pyrrole nitrogens is 1. The van der Waals surface area contributed by atoms with Crippen LogP contribution in [-0.2, 0) is 4.74 Å². The molecule has 9 heteroatoms. The molecule has 0 saturated heterocycles. The number of hydrogen-bond donors (Lipinski definition) is 1. The number of anilines is 1. The van der Waals surface area contributed by atoms with Gasteiger partial charge in [-0.25, -0.2) is 9.51 Å². The molecule has 3 aromatic carbocycles. The van der Waals surface area contributed by atoms with E-state index in [-0.39, 0.29) is 5.41 Å². The van der Waals surface area contributed by atoms with Gasteiger partial charge in [0.05, 0.1) is 46.4 Å². The molecule has 1 N–H and O–H groups in total. The van der Waals surface area contributed by atoms with Crippen LogP contribution in [0.5, 0.6) is 5.75 Å². The fourth-order valence-electron chi connectivity index (χ4n) is 7.26. The Bertz CT molecular complexity index is 2180. The first-order chi connectivity index (χ1) is 28.9. The first-order valence-electron chi connectivity index (χ1n) is 22.0. The monoisotopic (exact) mass is 812 g/mol. The van der Waals surface area contributed by atoms with Crippen molar-refractivity contribution in [2.45, 2.75) is 123 Å². The minimum Gasteiger partial charge on any atom is -0.493 e. The summed E-state index contributed by atoms with van der Waals surface area (Å²) in [5.74, 6) is 1.48. The van der Waals surface area contributed by atoms with Gasteiger partial charge >= 0.3 is 0 Å². The van der Waals surface area contributed by atoms with E-state index in [9.17, 15) is 0 Å². The van der Waals surface area contributed by atoms with Gasteiger partial charge in [0, 0.05) is 17.0 Å². The fraction of sp³-hybridized carbons (Fsp3) is 0.440. The lowest BCUT2D eigenvalue weighted by Crippen LogP contribution is -2.29. The lowest BCUT2D eigenvalue weighted by atomic mass is 9.96. The van der Waals surface area contributed by atoms with Gasteiger partial charge in [-0.3, -0.25) is 5.10 Å². The molecule has 0 unspecified atom stereocenters. The van der Waals surface area contributed by atoms with E-state index in [2.05, 4.69) is 103 Å². The lowest BCUT2D eigenvalue weighted by Gasteiger charge is -2.28. The second kappa shape index (κ2) is 22.4. The molecule has 5 aromatic rings. The molecule has 0 spiro atoms. The number of benzene rings is 3. The minimum atomic E-state index is 0.132. The van der Waals surface area contributed by atoms with E-state index in [1.54, 1.807) is 18.2 Å². The molecule has 312 valence electrons. The highest BCUT2D eigenvalue weighted by molar-refractivity contribution is 8.03. The second-order valence-electron chi connectivity index (χ2n) is 16.7. The average molecular weight is 813 g/mol. The Labute approximate surface area is 356 Å². The maximum Gasteiger partial charge on any atom is 0.187 e. The molecular weight excluding hydrogens is 749 g/mol. The first kappa shape index (κ1) is 43.6. The SMILES string of the molecule is CCCCCCCCCCCCCOC=Nc1ccc(-c2[nH]n3c(-c4ccccc4OCCCC)nnc3c2C=C=CC=C2Sc3ccccc3N2CC(C)(C)C)cc1. The number of aromatic nitrogens is 4. The smallest absolute Gasteiger partial charge is 0.187 e. The van der Waals surface area contributed by atoms with Crippen molar-refractivity contribution in [3.63, 3.8) is 0 Å². The number of allylic oxidation sites excluding steroid dienone is 2. The van der Waals surface area contributed by atoms with E-state index in [0.717, 1.165) is 59.6 Å². The van der Waals surface area contributed by atoms with Crippen molar-refractivity contribution in [3.05, 3.63) is 101 Å². The Morgan fingerprint density at radius 2 is 1.47 bits per heavy atom. The van der Waals surface area contributed by atoms with Gasteiger partial charge in [0.1, 0.15) is 5.75 Å². The predicted molar refractivity (Wildman–Crippen MR) is 249 cm³/mol. The topological polar surface area (TPSA) is 80.0 Å². The van der Waals surface area contributed by atoms with Crippen molar-refractivity contribution < 1.29 is 9.47 Å². The Kier molecular flexibility index (Phi) is 16.6. The summed E-state index contributed by atoms with van der Waals surface area (Å²) in [4.78, 5) is 8.27. The van der Waals surface area contributed by atoms with Crippen LogP contribution in [0.15, 0.2) is 106 Å². The van der Waals surface area contributed by atoms with Crippen molar-refractivity contribution in [3.8, 4) is 28.4 Å². The molecule has 0 fully saturated rings. The van der Waals surface area contributed by atoms with Crippen LogP contribution in [0.2, 0.25) is 0 Å². The van der Waals surface area contributed by atoms with E-state index in [4.69, 9.17) is 14.6 Å². The summed E-state index contributed by atoms with van der Waals surface area (Å²) >= 11 is 1.80. The third-order valence-electron chi connectivity index (χ3n) is 10.4. The van der Waals surface area contributed by atoms with Gasteiger partial charge in [0.2, 0.25) is 0 Å². The fourth-order valence-corrected chi connectivity index (χ4v) is 8.33. The average Bonchev–Trinajstić information content (AvgIpc) is 3.92. The van der Waals surface area contributed by atoms with Gasteiger partial charge in [0.15, 0.2) is 17.9 Å². The number of ether oxygens (including phenoxy) is 2. The first-order valence-corrected chi connectivity index (χ1v) is 22.8. The van der Waals surface area contributed by atoms with Crippen LogP contribution in [0, 0.1) is 5.41 Å². The van der Waals surface area contributed by atoms with E-state index < -0.39 is 0 Å². The molecule has 1 aliphatic rings. The molecular formula is C50H64N6O2S. The van der Waals surface area contributed by atoms with Crippen LogP contribution in [-0.4, -0.2) is 46.0 Å². The number of thioether (sulfide) groups is 1. The second-order valence-corrected chi connectivity index (χ2v) is 17.7. The maximum absolute atomic E-state index is 6.21. The summed E-state index contributed by atoms with van der Waals surface area (Å²) in [5.41, 5.74) is 10.1. The number of hydrogen-bond acceptors (Lipinski definition) is 7. The zero-order chi connectivity index (χ0) is 41.3. The summed E-state index contributed by atoms with van der Waals surface area (Å²) in [7, 11) is 0. The Balaban J connectivity index is 1.18. The molecule has 3 heterocycles. The third kappa shape index (κ3) is 12.5. The van der Waals surface area contributed by atoms with Gasteiger partial charge in [-0.1, -0.05) is 153 Å². The van der Waals surface area contributed by atoms with E-state index >= 15 is 0 Å². The standard InChI is InChI=1S/C50H64N6O2S/c1-6-8-10-11-12-13-14-15-16-17-24-35-57-38-51-40-33-31-39(32-34-40)47-42(26-19-23-30-46-55(37-50(3,4)5)43-27-20-22-29-45(43)59-46)49-53-52-48(56(49)54-47)41-25-18-21-28-44(41)58-36-9-7-2/h18,20-23,25-34,38,54H,6-17,24,35-37H2,1-5H3. The van der Waals surface area contributed by atoms with Gasteiger partial charge in [-0.05, 0) is 72.9 Å². The van der Waals surface area contributed by atoms with Crippen molar-refractivity contribution in [2.24, 2.45) is 10.4 Å². The van der Waals surface area contributed by atoms with Crippen molar-refractivity contribution in [1.82, 2.24) is 19.8 Å². The molecule has 8 nitrogen and oxygen atoms in total. The molecule has 0 radical (unpaired) electrons. The van der Waals surface area contributed by atoms with Crippen molar-refractivity contribution in [2.75, 3.05) is 24.7 Å². The quantitative estimate of drug-likeness (QED) is 0.0306. The molecule has 6 rings (SSSR count). The van der Waals surface area contributed by atoms with Crippen molar-refractivity contribution >= 4 is 41.3 Å².